The van der Waals surface area contributed by atoms with E-state index in [1.54, 1.807) is 12.1 Å². The van der Waals surface area contributed by atoms with Crippen molar-refractivity contribution in [1.82, 2.24) is 15.2 Å². The Labute approximate surface area is 138 Å². The molecule has 1 aliphatic rings. The molecule has 2 heterocycles. The van der Waals surface area contributed by atoms with E-state index in [-0.39, 0.29) is 23.0 Å². The van der Waals surface area contributed by atoms with Gasteiger partial charge in [0, 0.05) is 29.9 Å². The van der Waals surface area contributed by atoms with Crippen molar-refractivity contribution in [1.29, 1.82) is 0 Å². The molecule has 1 aliphatic heterocycles. The quantitative estimate of drug-likeness (QED) is 0.932. The molecule has 0 saturated carbocycles. The van der Waals surface area contributed by atoms with Gasteiger partial charge in [0.15, 0.2) is 0 Å². The standard InChI is InChI=1S/C18H27N3O2/c1-5-14-8-6-7-11-21(14)17(23)13-9-10-19-15(12-13)16(22)20-18(2,3)4/h9-10,12,14H,5-8,11H2,1-4H3,(H,20,22). The van der Waals surface area contributed by atoms with Gasteiger partial charge in [0.25, 0.3) is 11.8 Å². The fourth-order valence-electron chi connectivity index (χ4n) is 2.95. The number of carbonyl (C=O) groups is 2. The number of hydrogen-bond acceptors (Lipinski definition) is 3. The van der Waals surface area contributed by atoms with Crippen molar-refractivity contribution in [3.05, 3.63) is 29.6 Å². The number of amides is 2. The zero-order valence-corrected chi connectivity index (χ0v) is 14.6. The predicted octanol–water partition coefficient (Wildman–Crippen LogP) is 3.01. The minimum atomic E-state index is -0.334. The molecule has 126 valence electrons. The summed E-state index contributed by atoms with van der Waals surface area (Å²) >= 11 is 0. The summed E-state index contributed by atoms with van der Waals surface area (Å²) in [5.41, 5.74) is 0.495. The Morgan fingerprint density at radius 2 is 2.09 bits per heavy atom. The maximum atomic E-state index is 12.8. The number of nitrogens with zero attached hydrogens (tertiary/aromatic N) is 2. The molecule has 0 aromatic carbocycles. The third-order valence-electron chi connectivity index (χ3n) is 4.09. The second kappa shape index (κ2) is 7.11. The van der Waals surface area contributed by atoms with Crippen LogP contribution < -0.4 is 5.32 Å². The number of likely N-dealkylation sites (tertiary alicyclic amines) is 1. The van der Waals surface area contributed by atoms with Crippen LogP contribution in [0.5, 0.6) is 0 Å². The van der Waals surface area contributed by atoms with Crippen LogP contribution in [-0.4, -0.2) is 39.8 Å². The Hall–Kier alpha value is -1.91. The Morgan fingerprint density at radius 3 is 2.74 bits per heavy atom. The smallest absolute Gasteiger partial charge is 0.270 e. The molecule has 0 spiro atoms. The predicted molar refractivity (Wildman–Crippen MR) is 90.4 cm³/mol. The van der Waals surface area contributed by atoms with Gasteiger partial charge >= 0.3 is 0 Å². The Bertz CT molecular complexity index is 578. The van der Waals surface area contributed by atoms with Crippen LogP contribution in [0.25, 0.3) is 0 Å². The molecule has 0 bridgehead atoms. The minimum Gasteiger partial charge on any atom is -0.346 e. The second-order valence-corrected chi connectivity index (χ2v) is 7.19. The van der Waals surface area contributed by atoms with E-state index in [4.69, 9.17) is 0 Å². The van der Waals surface area contributed by atoms with E-state index in [1.807, 2.05) is 25.7 Å². The third kappa shape index (κ3) is 4.53. The Kier molecular flexibility index (Phi) is 5.39. The molecule has 1 N–H and O–H groups in total. The van der Waals surface area contributed by atoms with Crippen LogP contribution >= 0.6 is 0 Å². The Morgan fingerprint density at radius 1 is 1.35 bits per heavy atom. The summed E-state index contributed by atoms with van der Waals surface area (Å²) in [6.45, 7) is 8.66. The monoisotopic (exact) mass is 317 g/mol. The average Bonchev–Trinajstić information content (AvgIpc) is 2.52. The fourth-order valence-corrected chi connectivity index (χ4v) is 2.95. The van der Waals surface area contributed by atoms with Gasteiger partial charge in [-0.2, -0.15) is 0 Å². The van der Waals surface area contributed by atoms with Gasteiger partial charge < -0.3 is 10.2 Å². The number of hydrogen-bond donors (Lipinski definition) is 1. The molecule has 5 heteroatoms. The van der Waals surface area contributed by atoms with E-state index in [2.05, 4.69) is 17.2 Å². The van der Waals surface area contributed by atoms with Crippen molar-refractivity contribution in [3.63, 3.8) is 0 Å². The molecule has 1 unspecified atom stereocenters. The molecule has 23 heavy (non-hydrogen) atoms. The summed E-state index contributed by atoms with van der Waals surface area (Å²) in [5.74, 6) is -0.249. The van der Waals surface area contributed by atoms with Crippen LogP contribution in [0.1, 0.15) is 74.2 Å². The summed E-state index contributed by atoms with van der Waals surface area (Å²) in [6.07, 6.45) is 5.79. The molecule has 2 amide bonds. The first-order chi connectivity index (χ1) is 10.8. The lowest BCUT2D eigenvalue weighted by atomic mass is 9.99. The number of piperidine rings is 1. The van der Waals surface area contributed by atoms with E-state index in [0.717, 1.165) is 25.8 Å². The highest BCUT2D eigenvalue weighted by Gasteiger charge is 2.27. The van der Waals surface area contributed by atoms with Gasteiger partial charge in [0.1, 0.15) is 5.69 Å². The van der Waals surface area contributed by atoms with E-state index >= 15 is 0 Å². The van der Waals surface area contributed by atoms with Gasteiger partial charge in [-0.15, -0.1) is 0 Å². The highest BCUT2D eigenvalue weighted by molar-refractivity contribution is 5.98. The van der Waals surface area contributed by atoms with Gasteiger partial charge in [0.05, 0.1) is 0 Å². The number of aromatic nitrogens is 1. The van der Waals surface area contributed by atoms with E-state index in [0.29, 0.717) is 11.6 Å². The summed E-state index contributed by atoms with van der Waals surface area (Å²) in [4.78, 5) is 31.1. The maximum Gasteiger partial charge on any atom is 0.270 e. The van der Waals surface area contributed by atoms with Crippen LogP contribution in [0.2, 0.25) is 0 Å². The first kappa shape index (κ1) is 17.4. The maximum absolute atomic E-state index is 12.8. The molecule has 1 fully saturated rings. The van der Waals surface area contributed by atoms with Crippen LogP contribution in [0.15, 0.2) is 18.3 Å². The largest absolute Gasteiger partial charge is 0.346 e. The van der Waals surface area contributed by atoms with Gasteiger partial charge in [-0.25, -0.2) is 0 Å². The topological polar surface area (TPSA) is 62.3 Å². The molecular formula is C18H27N3O2. The number of rotatable bonds is 3. The molecule has 1 aromatic heterocycles. The molecule has 1 atom stereocenters. The van der Waals surface area contributed by atoms with Gasteiger partial charge in [0.2, 0.25) is 0 Å². The molecule has 0 radical (unpaired) electrons. The van der Waals surface area contributed by atoms with Gasteiger partial charge in [-0.05, 0) is 58.6 Å². The SMILES string of the molecule is CCC1CCCCN1C(=O)c1ccnc(C(=O)NC(C)(C)C)c1. The lowest BCUT2D eigenvalue weighted by Crippen LogP contribution is -2.43. The molecule has 1 aromatic rings. The molecule has 1 saturated heterocycles. The zero-order valence-electron chi connectivity index (χ0n) is 14.6. The van der Waals surface area contributed by atoms with Crippen molar-refractivity contribution in [2.45, 2.75) is 65.0 Å². The van der Waals surface area contributed by atoms with E-state index in [9.17, 15) is 9.59 Å². The summed E-state index contributed by atoms with van der Waals surface area (Å²) in [7, 11) is 0. The Balaban J connectivity index is 2.18. The van der Waals surface area contributed by atoms with Crippen molar-refractivity contribution < 1.29 is 9.59 Å². The van der Waals surface area contributed by atoms with Crippen LogP contribution in [0.3, 0.4) is 0 Å². The average molecular weight is 317 g/mol. The van der Waals surface area contributed by atoms with Crippen LogP contribution in [-0.2, 0) is 0 Å². The fraction of sp³-hybridized carbons (Fsp3) is 0.611. The first-order valence-corrected chi connectivity index (χ1v) is 8.41. The van der Waals surface area contributed by atoms with Crippen molar-refractivity contribution >= 4 is 11.8 Å². The lowest BCUT2D eigenvalue weighted by Gasteiger charge is -2.35. The van der Waals surface area contributed by atoms with Crippen molar-refractivity contribution in [2.75, 3.05) is 6.54 Å². The summed E-state index contributed by atoms with van der Waals surface area (Å²) in [6, 6.07) is 3.60. The molecule has 2 rings (SSSR count). The van der Waals surface area contributed by atoms with Gasteiger partial charge in [-0.3, -0.25) is 14.6 Å². The van der Waals surface area contributed by atoms with Crippen molar-refractivity contribution in [2.24, 2.45) is 0 Å². The highest BCUT2D eigenvalue weighted by atomic mass is 16.2. The number of carbonyl (C=O) groups excluding carboxylic acids is 2. The van der Waals surface area contributed by atoms with Crippen molar-refractivity contribution in [3.8, 4) is 0 Å². The van der Waals surface area contributed by atoms with Crippen LogP contribution in [0.4, 0.5) is 0 Å². The second-order valence-electron chi connectivity index (χ2n) is 7.19. The summed E-state index contributed by atoms with van der Waals surface area (Å²) < 4.78 is 0. The molecule has 5 nitrogen and oxygen atoms in total. The van der Waals surface area contributed by atoms with E-state index < -0.39 is 0 Å². The molecule has 0 aliphatic carbocycles. The van der Waals surface area contributed by atoms with E-state index in [1.165, 1.54) is 12.6 Å². The normalized spacial score (nSPS) is 18.6. The van der Waals surface area contributed by atoms with Crippen LogP contribution in [0, 0.1) is 0 Å². The summed E-state index contributed by atoms with van der Waals surface area (Å²) in [5, 5.41) is 2.87. The van der Waals surface area contributed by atoms with Gasteiger partial charge in [-0.1, -0.05) is 6.92 Å². The zero-order chi connectivity index (χ0) is 17.0. The first-order valence-electron chi connectivity index (χ1n) is 8.41. The number of pyridine rings is 1. The number of nitrogens with one attached hydrogen (secondary N) is 1. The highest BCUT2D eigenvalue weighted by Crippen LogP contribution is 2.22. The lowest BCUT2D eigenvalue weighted by molar-refractivity contribution is 0.0608. The molecular weight excluding hydrogens is 290 g/mol. The third-order valence-corrected chi connectivity index (χ3v) is 4.09. The minimum absolute atomic E-state index is 0.00348.